The maximum atomic E-state index is 3.80. The predicted molar refractivity (Wildman–Crippen MR) is 36.7 cm³/mol. The SMILES string of the molecule is C=C(C)[c-]1cccc1.[Li+]. The number of rotatable bonds is 1. The van der Waals surface area contributed by atoms with Gasteiger partial charge in [0, 0.05) is 0 Å². The van der Waals surface area contributed by atoms with Crippen LogP contribution in [-0.4, -0.2) is 0 Å². The van der Waals surface area contributed by atoms with Crippen molar-refractivity contribution in [1.82, 2.24) is 0 Å². The van der Waals surface area contributed by atoms with E-state index in [0.717, 1.165) is 5.57 Å². The van der Waals surface area contributed by atoms with E-state index in [1.807, 2.05) is 19.1 Å². The van der Waals surface area contributed by atoms with E-state index >= 15 is 0 Å². The molecule has 0 N–H and O–H groups in total. The van der Waals surface area contributed by atoms with Crippen molar-refractivity contribution in [1.29, 1.82) is 0 Å². The summed E-state index contributed by atoms with van der Waals surface area (Å²) < 4.78 is 0. The van der Waals surface area contributed by atoms with E-state index in [1.165, 1.54) is 5.56 Å². The van der Waals surface area contributed by atoms with Gasteiger partial charge in [0.1, 0.15) is 0 Å². The average Bonchev–Trinajstić information content (AvgIpc) is 2.12. The molecule has 0 amide bonds. The van der Waals surface area contributed by atoms with Crippen molar-refractivity contribution in [3.05, 3.63) is 36.4 Å². The molecule has 0 fully saturated rings. The van der Waals surface area contributed by atoms with Crippen molar-refractivity contribution in [2.24, 2.45) is 0 Å². The molecule has 42 valence electrons. The van der Waals surface area contributed by atoms with Crippen molar-refractivity contribution < 1.29 is 18.9 Å². The molecule has 9 heavy (non-hydrogen) atoms. The van der Waals surface area contributed by atoms with Crippen molar-refractivity contribution in [3.63, 3.8) is 0 Å². The first-order valence-electron chi connectivity index (χ1n) is 2.68. The van der Waals surface area contributed by atoms with Crippen LogP contribution in [0.4, 0.5) is 0 Å². The fraction of sp³-hybridized carbons (Fsp3) is 0.125. The van der Waals surface area contributed by atoms with E-state index in [0.29, 0.717) is 0 Å². The van der Waals surface area contributed by atoms with Gasteiger partial charge in [-0.2, -0.15) is 18.7 Å². The van der Waals surface area contributed by atoms with Crippen molar-refractivity contribution in [2.75, 3.05) is 0 Å². The quantitative estimate of drug-likeness (QED) is 0.337. The Bertz CT molecular complexity index is 172. The molecule has 0 bridgehead atoms. The molecule has 0 aliphatic rings. The van der Waals surface area contributed by atoms with Gasteiger partial charge in [0.25, 0.3) is 0 Å². The summed E-state index contributed by atoms with van der Waals surface area (Å²) in [5.41, 5.74) is 2.38. The van der Waals surface area contributed by atoms with Crippen LogP contribution in [0.25, 0.3) is 5.57 Å². The zero-order chi connectivity index (χ0) is 5.98. The zero-order valence-corrected chi connectivity index (χ0v) is 6.02. The Morgan fingerprint density at radius 1 is 1.33 bits per heavy atom. The smallest absolute Gasteiger partial charge is 0.174 e. The van der Waals surface area contributed by atoms with Crippen LogP contribution in [0.1, 0.15) is 12.5 Å². The monoisotopic (exact) mass is 112 g/mol. The van der Waals surface area contributed by atoms with Gasteiger partial charge >= 0.3 is 18.9 Å². The van der Waals surface area contributed by atoms with Gasteiger partial charge in [0.15, 0.2) is 0 Å². The Balaban J connectivity index is 0.000000640. The molecule has 0 unspecified atom stereocenters. The molecule has 0 aromatic heterocycles. The topological polar surface area (TPSA) is 0 Å². The summed E-state index contributed by atoms with van der Waals surface area (Å²) in [5, 5.41) is 0. The van der Waals surface area contributed by atoms with E-state index in [9.17, 15) is 0 Å². The Kier molecular flexibility index (Phi) is 3.54. The second-order valence-corrected chi connectivity index (χ2v) is 1.95. The van der Waals surface area contributed by atoms with E-state index in [2.05, 4.69) is 18.7 Å². The third-order valence-electron chi connectivity index (χ3n) is 1.16. The van der Waals surface area contributed by atoms with Gasteiger partial charge in [0.05, 0.1) is 0 Å². The van der Waals surface area contributed by atoms with Gasteiger partial charge in [-0.1, -0.05) is 6.92 Å². The van der Waals surface area contributed by atoms with Crippen LogP contribution in [-0.2, 0) is 0 Å². The summed E-state index contributed by atoms with van der Waals surface area (Å²) in [5.74, 6) is 0. The molecule has 0 aliphatic carbocycles. The second kappa shape index (κ2) is 3.66. The van der Waals surface area contributed by atoms with Crippen LogP contribution in [0, 0.1) is 0 Å². The zero-order valence-electron chi connectivity index (χ0n) is 6.02. The minimum atomic E-state index is 0. The molecule has 0 aliphatic heterocycles. The van der Waals surface area contributed by atoms with Crippen molar-refractivity contribution >= 4 is 5.57 Å². The summed E-state index contributed by atoms with van der Waals surface area (Å²) in [6.45, 7) is 5.81. The summed E-state index contributed by atoms with van der Waals surface area (Å²) in [4.78, 5) is 0. The van der Waals surface area contributed by atoms with Crippen LogP contribution in [0.2, 0.25) is 0 Å². The van der Waals surface area contributed by atoms with Gasteiger partial charge in [-0.15, -0.1) is 23.3 Å². The standard InChI is InChI=1S/C8H9.Li/c1-7(2)8-5-3-4-6-8;/h3-6H,1H2,2H3;/q-1;+1. The largest absolute Gasteiger partial charge is 1.00 e. The Morgan fingerprint density at radius 3 is 2.00 bits per heavy atom. The van der Waals surface area contributed by atoms with Crippen LogP contribution in [0.15, 0.2) is 30.8 Å². The molecule has 0 nitrogen and oxygen atoms in total. The molecule has 0 spiro atoms. The number of allylic oxidation sites excluding steroid dienone is 1. The van der Waals surface area contributed by atoms with E-state index in [-0.39, 0.29) is 18.9 Å². The van der Waals surface area contributed by atoms with Gasteiger partial charge in [-0.25, -0.2) is 0 Å². The van der Waals surface area contributed by atoms with Crippen LogP contribution in [0.5, 0.6) is 0 Å². The van der Waals surface area contributed by atoms with Gasteiger partial charge in [-0.05, 0) is 0 Å². The Labute approximate surface area is 68.1 Å². The first-order chi connectivity index (χ1) is 3.80. The van der Waals surface area contributed by atoms with Gasteiger partial charge in [0.2, 0.25) is 0 Å². The summed E-state index contributed by atoms with van der Waals surface area (Å²) in [7, 11) is 0. The molecular formula is C8H9Li. The first kappa shape index (κ1) is 8.69. The Hall–Kier alpha value is -0.313. The molecular weight excluding hydrogens is 103 g/mol. The van der Waals surface area contributed by atoms with Crippen molar-refractivity contribution in [3.8, 4) is 0 Å². The molecule has 1 aromatic carbocycles. The predicted octanol–water partition coefficient (Wildman–Crippen LogP) is -0.557. The molecule has 0 saturated carbocycles. The molecule has 0 radical (unpaired) electrons. The summed E-state index contributed by atoms with van der Waals surface area (Å²) in [6, 6.07) is 8.15. The third kappa shape index (κ3) is 2.18. The van der Waals surface area contributed by atoms with E-state index in [4.69, 9.17) is 0 Å². The van der Waals surface area contributed by atoms with Gasteiger partial charge < -0.3 is 0 Å². The fourth-order valence-electron chi connectivity index (χ4n) is 0.659. The maximum Gasteiger partial charge on any atom is 1.00 e. The van der Waals surface area contributed by atoms with Gasteiger partial charge in [-0.3, -0.25) is 0 Å². The summed E-state index contributed by atoms with van der Waals surface area (Å²) >= 11 is 0. The molecule has 0 saturated heterocycles. The van der Waals surface area contributed by atoms with Crippen LogP contribution >= 0.6 is 0 Å². The van der Waals surface area contributed by atoms with E-state index in [1.54, 1.807) is 0 Å². The maximum absolute atomic E-state index is 3.80. The fourth-order valence-corrected chi connectivity index (χ4v) is 0.659. The van der Waals surface area contributed by atoms with Crippen molar-refractivity contribution in [2.45, 2.75) is 6.92 Å². The van der Waals surface area contributed by atoms with Crippen LogP contribution < -0.4 is 18.9 Å². The first-order valence-corrected chi connectivity index (χ1v) is 2.68. The molecule has 0 atom stereocenters. The minimum Gasteiger partial charge on any atom is -0.174 e. The van der Waals surface area contributed by atoms with Crippen LogP contribution in [0.3, 0.4) is 0 Å². The summed E-state index contributed by atoms with van der Waals surface area (Å²) in [6.07, 6.45) is 0. The minimum absolute atomic E-state index is 0. The Morgan fingerprint density at radius 2 is 1.78 bits per heavy atom. The number of hydrogen-bond donors (Lipinski definition) is 0. The number of hydrogen-bond acceptors (Lipinski definition) is 0. The third-order valence-corrected chi connectivity index (χ3v) is 1.16. The molecule has 0 heterocycles. The molecule has 1 rings (SSSR count). The molecule has 1 aromatic rings. The molecule has 1 heteroatoms. The normalized spacial score (nSPS) is 8.11. The average molecular weight is 112 g/mol. The second-order valence-electron chi connectivity index (χ2n) is 1.95. The van der Waals surface area contributed by atoms with E-state index < -0.39 is 0 Å².